The van der Waals surface area contributed by atoms with Crippen LogP contribution in [0.25, 0.3) is 0 Å². The fourth-order valence-electron chi connectivity index (χ4n) is 3.15. The normalized spacial score (nSPS) is 26.0. The van der Waals surface area contributed by atoms with Crippen molar-refractivity contribution in [2.45, 2.75) is 64.3 Å². The molecular formula is C16H26N4O. The minimum Gasteiger partial charge on any atom is -0.374 e. The van der Waals surface area contributed by atoms with Gasteiger partial charge < -0.3 is 15.0 Å². The minimum absolute atomic E-state index is 0.0988. The van der Waals surface area contributed by atoms with Crippen LogP contribution in [0.15, 0.2) is 12.4 Å². The van der Waals surface area contributed by atoms with Crippen LogP contribution in [0, 0.1) is 0 Å². The molecule has 2 heterocycles. The Bertz CT molecular complexity index is 468. The molecule has 0 aromatic carbocycles. The number of fused-ring (bicyclic) bond motifs is 1. The van der Waals surface area contributed by atoms with Crippen LogP contribution in [0.2, 0.25) is 0 Å². The molecule has 5 nitrogen and oxygen atoms in total. The van der Waals surface area contributed by atoms with Gasteiger partial charge in [-0.05, 0) is 40.0 Å². The number of nitrogens with zero attached hydrogens (tertiary/aromatic N) is 3. The van der Waals surface area contributed by atoms with E-state index in [1.54, 1.807) is 0 Å². The summed E-state index contributed by atoms with van der Waals surface area (Å²) < 4.78 is 5.85. The highest BCUT2D eigenvalue weighted by molar-refractivity contribution is 5.39. The van der Waals surface area contributed by atoms with Crippen molar-refractivity contribution >= 4 is 5.82 Å². The van der Waals surface area contributed by atoms with E-state index < -0.39 is 0 Å². The van der Waals surface area contributed by atoms with Crippen LogP contribution >= 0.6 is 0 Å². The van der Waals surface area contributed by atoms with Gasteiger partial charge in [-0.2, -0.15) is 0 Å². The van der Waals surface area contributed by atoms with Gasteiger partial charge in [-0.1, -0.05) is 0 Å². The molecule has 0 amide bonds. The van der Waals surface area contributed by atoms with E-state index >= 15 is 0 Å². The summed E-state index contributed by atoms with van der Waals surface area (Å²) in [4.78, 5) is 11.6. The van der Waals surface area contributed by atoms with Gasteiger partial charge in [0.2, 0.25) is 0 Å². The zero-order valence-corrected chi connectivity index (χ0v) is 13.3. The molecule has 3 rings (SSSR count). The van der Waals surface area contributed by atoms with Gasteiger partial charge in [-0.25, -0.2) is 4.98 Å². The number of anilines is 1. The Hall–Kier alpha value is -1.20. The molecule has 1 aliphatic heterocycles. The van der Waals surface area contributed by atoms with E-state index in [4.69, 9.17) is 4.74 Å². The van der Waals surface area contributed by atoms with Crippen LogP contribution in [0.4, 0.5) is 5.82 Å². The third-order valence-corrected chi connectivity index (χ3v) is 4.27. The second kappa shape index (κ2) is 5.89. The van der Waals surface area contributed by atoms with Crippen LogP contribution < -0.4 is 10.2 Å². The fraction of sp³-hybridized carbons (Fsp3) is 0.750. The standard InChI is InChI=1S/C16H26N4O/c1-16(2,3)19-10-12-9-18-15(11-17-12)20-7-8-21-14-6-4-5-13(14)20/h9,11,13-14,19H,4-8,10H2,1-3H3. The molecule has 1 saturated carbocycles. The number of nitrogens with one attached hydrogen (secondary N) is 1. The molecule has 0 radical (unpaired) electrons. The molecule has 2 fully saturated rings. The SMILES string of the molecule is CC(C)(C)NCc1cnc(N2CCOC3CCCC32)cn1. The molecule has 1 aromatic heterocycles. The second-order valence-corrected chi connectivity index (χ2v) is 7.07. The molecule has 1 N–H and O–H groups in total. The van der Waals surface area contributed by atoms with Crippen LogP contribution in [0.5, 0.6) is 0 Å². The van der Waals surface area contributed by atoms with Crippen molar-refractivity contribution in [1.82, 2.24) is 15.3 Å². The first-order chi connectivity index (χ1) is 10.0. The van der Waals surface area contributed by atoms with Gasteiger partial charge in [0.05, 0.1) is 36.8 Å². The van der Waals surface area contributed by atoms with Crippen LogP contribution in [-0.2, 0) is 11.3 Å². The lowest BCUT2D eigenvalue weighted by Crippen LogP contribution is -2.49. The summed E-state index contributed by atoms with van der Waals surface area (Å²) in [5.74, 6) is 0.995. The first-order valence-corrected chi connectivity index (χ1v) is 7.97. The molecule has 1 saturated heterocycles. The van der Waals surface area contributed by atoms with Crippen LogP contribution in [0.1, 0.15) is 45.7 Å². The van der Waals surface area contributed by atoms with Crippen molar-refractivity contribution in [2.75, 3.05) is 18.1 Å². The summed E-state index contributed by atoms with van der Waals surface area (Å²) in [6.45, 7) is 8.95. The quantitative estimate of drug-likeness (QED) is 0.924. The lowest BCUT2D eigenvalue weighted by molar-refractivity contribution is 0.0253. The second-order valence-electron chi connectivity index (χ2n) is 7.07. The zero-order chi connectivity index (χ0) is 14.9. The molecule has 5 heteroatoms. The topological polar surface area (TPSA) is 50.3 Å². The van der Waals surface area contributed by atoms with Gasteiger partial charge in [0.25, 0.3) is 0 Å². The van der Waals surface area contributed by atoms with Crippen LogP contribution in [-0.4, -0.2) is 40.8 Å². The number of ether oxygens (including phenoxy) is 1. The predicted molar refractivity (Wildman–Crippen MR) is 83.3 cm³/mol. The van der Waals surface area contributed by atoms with E-state index in [0.717, 1.165) is 31.2 Å². The Morgan fingerprint density at radius 2 is 2.14 bits per heavy atom. The number of aromatic nitrogens is 2. The largest absolute Gasteiger partial charge is 0.374 e. The van der Waals surface area contributed by atoms with Gasteiger partial charge in [-0.15, -0.1) is 0 Å². The lowest BCUT2D eigenvalue weighted by Gasteiger charge is -2.38. The van der Waals surface area contributed by atoms with Crippen LogP contribution in [0.3, 0.4) is 0 Å². The molecule has 0 spiro atoms. The lowest BCUT2D eigenvalue weighted by atomic mass is 10.1. The molecule has 2 aliphatic rings. The smallest absolute Gasteiger partial charge is 0.147 e. The molecule has 21 heavy (non-hydrogen) atoms. The van der Waals surface area contributed by atoms with E-state index in [-0.39, 0.29) is 5.54 Å². The Labute approximate surface area is 127 Å². The van der Waals surface area contributed by atoms with Gasteiger partial charge in [0.15, 0.2) is 0 Å². The van der Waals surface area contributed by atoms with E-state index in [1.165, 1.54) is 19.3 Å². The average molecular weight is 290 g/mol. The molecule has 2 atom stereocenters. The highest BCUT2D eigenvalue weighted by Gasteiger charge is 2.36. The molecule has 1 aromatic rings. The van der Waals surface area contributed by atoms with E-state index in [9.17, 15) is 0 Å². The highest BCUT2D eigenvalue weighted by Crippen LogP contribution is 2.31. The van der Waals surface area contributed by atoms with Crippen molar-refractivity contribution in [3.8, 4) is 0 Å². The van der Waals surface area contributed by atoms with Gasteiger partial charge in [0.1, 0.15) is 5.82 Å². The Morgan fingerprint density at radius 3 is 2.86 bits per heavy atom. The monoisotopic (exact) mass is 290 g/mol. The number of hydrogen-bond donors (Lipinski definition) is 1. The first kappa shape index (κ1) is 14.7. The van der Waals surface area contributed by atoms with Crippen molar-refractivity contribution in [1.29, 1.82) is 0 Å². The van der Waals surface area contributed by atoms with E-state index in [1.807, 2.05) is 12.4 Å². The third kappa shape index (κ3) is 3.52. The summed E-state index contributed by atoms with van der Waals surface area (Å²) in [5, 5.41) is 3.44. The Balaban J connectivity index is 1.66. The zero-order valence-electron chi connectivity index (χ0n) is 13.3. The average Bonchev–Trinajstić information content (AvgIpc) is 2.93. The fourth-order valence-corrected chi connectivity index (χ4v) is 3.15. The summed E-state index contributed by atoms with van der Waals surface area (Å²) in [5.41, 5.74) is 1.09. The summed E-state index contributed by atoms with van der Waals surface area (Å²) >= 11 is 0. The molecular weight excluding hydrogens is 264 g/mol. The number of hydrogen-bond acceptors (Lipinski definition) is 5. The molecule has 116 valence electrons. The number of morpholine rings is 1. The first-order valence-electron chi connectivity index (χ1n) is 7.97. The molecule has 1 aliphatic carbocycles. The maximum Gasteiger partial charge on any atom is 0.147 e. The molecule has 0 bridgehead atoms. The van der Waals surface area contributed by atoms with Crippen molar-refractivity contribution < 1.29 is 4.74 Å². The minimum atomic E-state index is 0.0988. The van der Waals surface area contributed by atoms with Crippen molar-refractivity contribution in [3.05, 3.63) is 18.1 Å². The maximum atomic E-state index is 5.85. The van der Waals surface area contributed by atoms with Crippen molar-refractivity contribution in [3.63, 3.8) is 0 Å². The Kier molecular flexibility index (Phi) is 4.13. The summed E-state index contributed by atoms with van der Waals surface area (Å²) in [6, 6.07) is 0.492. The predicted octanol–water partition coefficient (Wildman–Crippen LogP) is 2.12. The van der Waals surface area contributed by atoms with E-state index in [2.05, 4.69) is 41.0 Å². The van der Waals surface area contributed by atoms with E-state index in [0.29, 0.717) is 12.1 Å². The van der Waals surface area contributed by atoms with Crippen molar-refractivity contribution in [2.24, 2.45) is 0 Å². The maximum absolute atomic E-state index is 5.85. The summed E-state index contributed by atoms with van der Waals surface area (Å²) in [6.07, 6.45) is 7.85. The summed E-state index contributed by atoms with van der Waals surface area (Å²) in [7, 11) is 0. The van der Waals surface area contributed by atoms with Gasteiger partial charge in [0, 0.05) is 18.6 Å². The third-order valence-electron chi connectivity index (χ3n) is 4.27. The van der Waals surface area contributed by atoms with Gasteiger partial charge >= 0.3 is 0 Å². The highest BCUT2D eigenvalue weighted by atomic mass is 16.5. The molecule has 2 unspecified atom stereocenters. The Morgan fingerprint density at radius 1 is 1.29 bits per heavy atom. The number of rotatable bonds is 3. The van der Waals surface area contributed by atoms with Gasteiger partial charge in [-0.3, -0.25) is 4.98 Å².